The number of nitrogens with two attached hydrogens (primary N) is 1. The molecular weight excluding hydrogens is 258 g/mol. The summed E-state index contributed by atoms with van der Waals surface area (Å²) in [5, 5.41) is -0.381. The van der Waals surface area contributed by atoms with Crippen LogP contribution in [0.3, 0.4) is 0 Å². The molecule has 0 fully saturated rings. The van der Waals surface area contributed by atoms with Crippen molar-refractivity contribution in [2.45, 2.75) is 62.6 Å². The van der Waals surface area contributed by atoms with Gasteiger partial charge >= 0.3 is 0 Å². The van der Waals surface area contributed by atoms with E-state index in [0.717, 1.165) is 12.8 Å². The van der Waals surface area contributed by atoms with Crippen molar-refractivity contribution in [1.82, 2.24) is 0 Å². The Morgan fingerprint density at radius 1 is 1.00 bits per heavy atom. The normalized spacial score (nSPS) is 15.5. The first-order valence-corrected chi connectivity index (χ1v) is 8.39. The molecule has 2 unspecified atom stereocenters. The van der Waals surface area contributed by atoms with Gasteiger partial charge in [-0.1, -0.05) is 19.1 Å². The first-order valence-electron chi connectivity index (χ1n) is 6.84. The molecule has 2 N–H and O–H groups in total. The summed E-state index contributed by atoms with van der Waals surface area (Å²) in [6.45, 7) is 7.56. The average molecular weight is 283 g/mol. The van der Waals surface area contributed by atoms with Crippen LogP contribution < -0.4 is 5.73 Å². The maximum atomic E-state index is 12.0. The first-order chi connectivity index (χ1) is 8.75. The first kappa shape index (κ1) is 16.2. The molecule has 0 aliphatic rings. The van der Waals surface area contributed by atoms with Gasteiger partial charge in [-0.25, -0.2) is 8.42 Å². The predicted octanol–water partition coefficient (Wildman–Crippen LogP) is 3.10. The number of hydrogen-bond donors (Lipinski definition) is 1. The number of sulfone groups is 1. The monoisotopic (exact) mass is 283 g/mol. The zero-order chi connectivity index (χ0) is 14.6. The Labute approximate surface area is 117 Å². The van der Waals surface area contributed by atoms with Gasteiger partial charge in [0, 0.05) is 6.04 Å². The summed E-state index contributed by atoms with van der Waals surface area (Å²) >= 11 is 0. The van der Waals surface area contributed by atoms with E-state index in [9.17, 15) is 8.42 Å². The van der Waals surface area contributed by atoms with Gasteiger partial charge in [0.15, 0.2) is 9.84 Å². The Bertz CT molecular complexity index is 489. The van der Waals surface area contributed by atoms with Crippen LogP contribution in [-0.2, 0) is 9.84 Å². The minimum Gasteiger partial charge on any atom is -0.328 e. The second-order valence-corrected chi connectivity index (χ2v) is 8.12. The summed E-state index contributed by atoms with van der Waals surface area (Å²) < 4.78 is 24.0. The van der Waals surface area contributed by atoms with Crippen molar-refractivity contribution in [2.24, 2.45) is 5.73 Å². The van der Waals surface area contributed by atoms with Crippen LogP contribution in [0.25, 0.3) is 0 Å². The third-order valence-corrected chi connectivity index (χ3v) is 5.62. The Morgan fingerprint density at radius 3 is 1.95 bits per heavy atom. The molecule has 0 radical (unpaired) electrons. The molecule has 0 aromatic heterocycles. The summed E-state index contributed by atoms with van der Waals surface area (Å²) in [5.74, 6) is 0.404. The second-order valence-electron chi connectivity index (χ2n) is 5.62. The highest BCUT2D eigenvalue weighted by Crippen LogP contribution is 2.24. The van der Waals surface area contributed by atoms with E-state index < -0.39 is 9.84 Å². The fourth-order valence-electron chi connectivity index (χ4n) is 1.94. The van der Waals surface area contributed by atoms with E-state index in [0.29, 0.717) is 10.8 Å². The lowest BCUT2D eigenvalue weighted by atomic mass is 9.95. The molecular formula is C15H25NO2S. The molecule has 0 saturated carbocycles. The molecule has 0 saturated heterocycles. The molecule has 108 valence electrons. The van der Waals surface area contributed by atoms with Crippen molar-refractivity contribution in [3.8, 4) is 0 Å². The van der Waals surface area contributed by atoms with Gasteiger partial charge in [-0.3, -0.25) is 0 Å². The highest BCUT2D eigenvalue weighted by Gasteiger charge is 2.19. The van der Waals surface area contributed by atoms with Crippen molar-refractivity contribution in [3.05, 3.63) is 29.8 Å². The third kappa shape index (κ3) is 4.32. The fourth-order valence-corrected chi connectivity index (χ4v) is 3.00. The molecule has 0 aliphatic heterocycles. The van der Waals surface area contributed by atoms with E-state index in [1.54, 1.807) is 26.0 Å². The SMILES string of the molecule is CC(N)CCC(C)c1ccc(S(=O)(=O)C(C)C)cc1. The standard InChI is InChI=1S/C15H25NO2S/c1-11(2)19(17,18)15-9-7-14(8-10-15)12(3)5-6-13(4)16/h7-13H,5-6,16H2,1-4H3. The smallest absolute Gasteiger partial charge is 0.180 e. The minimum absolute atomic E-state index is 0.211. The van der Waals surface area contributed by atoms with Crippen molar-refractivity contribution < 1.29 is 8.42 Å². The Kier molecular flexibility index (Phi) is 5.56. The van der Waals surface area contributed by atoms with Crippen LogP contribution in [-0.4, -0.2) is 19.7 Å². The lowest BCUT2D eigenvalue weighted by Crippen LogP contribution is -2.15. The van der Waals surface area contributed by atoms with Crippen LogP contribution in [0.5, 0.6) is 0 Å². The van der Waals surface area contributed by atoms with Crippen molar-refractivity contribution in [1.29, 1.82) is 0 Å². The Morgan fingerprint density at radius 2 is 1.53 bits per heavy atom. The van der Waals surface area contributed by atoms with Gasteiger partial charge in [0.1, 0.15) is 0 Å². The summed E-state index contributed by atoms with van der Waals surface area (Å²) in [7, 11) is -3.17. The van der Waals surface area contributed by atoms with Crippen LogP contribution in [0.4, 0.5) is 0 Å². The fraction of sp³-hybridized carbons (Fsp3) is 0.600. The summed E-state index contributed by atoms with van der Waals surface area (Å²) in [6, 6.07) is 7.48. The maximum absolute atomic E-state index is 12.0. The van der Waals surface area contributed by atoms with Crippen LogP contribution in [0, 0.1) is 0 Å². The van der Waals surface area contributed by atoms with Crippen LogP contribution in [0.1, 0.15) is 52.0 Å². The molecule has 0 bridgehead atoms. The predicted molar refractivity (Wildman–Crippen MR) is 80.1 cm³/mol. The third-order valence-electron chi connectivity index (χ3n) is 3.45. The highest BCUT2D eigenvalue weighted by atomic mass is 32.2. The lowest BCUT2D eigenvalue weighted by Gasteiger charge is -2.14. The van der Waals surface area contributed by atoms with Gasteiger partial charge in [-0.05, 0) is 57.2 Å². The zero-order valence-corrected chi connectivity index (χ0v) is 13.1. The Hall–Kier alpha value is -0.870. The van der Waals surface area contributed by atoms with Gasteiger partial charge in [-0.15, -0.1) is 0 Å². The average Bonchev–Trinajstić information content (AvgIpc) is 2.35. The van der Waals surface area contributed by atoms with Crippen molar-refractivity contribution >= 4 is 9.84 Å². The van der Waals surface area contributed by atoms with E-state index in [1.165, 1.54) is 5.56 Å². The van der Waals surface area contributed by atoms with Gasteiger partial charge < -0.3 is 5.73 Å². The van der Waals surface area contributed by atoms with E-state index in [2.05, 4.69) is 6.92 Å². The molecule has 19 heavy (non-hydrogen) atoms. The minimum atomic E-state index is -3.17. The molecule has 0 heterocycles. The number of hydrogen-bond acceptors (Lipinski definition) is 3. The molecule has 0 amide bonds. The maximum Gasteiger partial charge on any atom is 0.180 e. The zero-order valence-electron chi connectivity index (χ0n) is 12.3. The molecule has 1 aromatic rings. The van der Waals surface area contributed by atoms with Crippen LogP contribution >= 0.6 is 0 Å². The van der Waals surface area contributed by atoms with Crippen LogP contribution in [0.2, 0.25) is 0 Å². The molecule has 1 rings (SSSR count). The summed E-state index contributed by atoms with van der Waals surface area (Å²) in [4.78, 5) is 0.408. The molecule has 0 aliphatic carbocycles. The van der Waals surface area contributed by atoms with Gasteiger partial charge in [0.25, 0.3) is 0 Å². The quantitative estimate of drug-likeness (QED) is 0.872. The van der Waals surface area contributed by atoms with E-state index >= 15 is 0 Å². The molecule has 0 spiro atoms. The van der Waals surface area contributed by atoms with Crippen LogP contribution in [0.15, 0.2) is 29.2 Å². The lowest BCUT2D eigenvalue weighted by molar-refractivity contribution is 0.568. The second kappa shape index (κ2) is 6.53. The summed E-state index contributed by atoms with van der Waals surface area (Å²) in [5.41, 5.74) is 6.92. The van der Waals surface area contributed by atoms with E-state index in [1.807, 2.05) is 19.1 Å². The van der Waals surface area contributed by atoms with Crippen molar-refractivity contribution in [2.75, 3.05) is 0 Å². The van der Waals surface area contributed by atoms with E-state index in [-0.39, 0.29) is 11.3 Å². The number of benzene rings is 1. The largest absolute Gasteiger partial charge is 0.328 e. The molecule has 4 heteroatoms. The van der Waals surface area contributed by atoms with E-state index in [4.69, 9.17) is 5.73 Å². The van der Waals surface area contributed by atoms with Gasteiger partial charge in [0.05, 0.1) is 10.1 Å². The van der Waals surface area contributed by atoms with Gasteiger partial charge in [-0.2, -0.15) is 0 Å². The molecule has 3 nitrogen and oxygen atoms in total. The highest BCUT2D eigenvalue weighted by molar-refractivity contribution is 7.92. The van der Waals surface area contributed by atoms with Gasteiger partial charge in [0.2, 0.25) is 0 Å². The molecule has 1 aromatic carbocycles. The molecule has 2 atom stereocenters. The number of rotatable bonds is 6. The summed E-state index contributed by atoms with van der Waals surface area (Å²) in [6.07, 6.45) is 2.00. The topological polar surface area (TPSA) is 60.2 Å². The van der Waals surface area contributed by atoms with Crippen molar-refractivity contribution in [3.63, 3.8) is 0 Å². The Balaban J connectivity index is 2.82.